The Kier molecular flexibility index (Phi) is 5.04. The smallest absolute Gasteiger partial charge is 0.0867 e. The Bertz CT molecular complexity index is 592. The molecule has 22 heavy (non-hydrogen) atoms. The topological polar surface area (TPSA) is 18.5 Å². The van der Waals surface area contributed by atoms with Crippen LogP contribution in [0, 0.1) is 0 Å². The zero-order valence-corrected chi connectivity index (χ0v) is 12.8. The van der Waals surface area contributed by atoms with Crippen LogP contribution in [-0.4, -0.2) is 12.7 Å². The van der Waals surface area contributed by atoms with Crippen LogP contribution in [0.5, 0.6) is 0 Å². The molecule has 0 saturated carbocycles. The van der Waals surface area contributed by atoms with Crippen molar-refractivity contribution in [3.8, 4) is 0 Å². The summed E-state index contributed by atoms with van der Waals surface area (Å²) in [4.78, 5) is 0. The largest absolute Gasteiger partial charge is 0.374 e. The maximum Gasteiger partial charge on any atom is 0.0867 e. The van der Waals surface area contributed by atoms with Crippen LogP contribution in [0.1, 0.15) is 30.1 Å². The van der Waals surface area contributed by atoms with Crippen molar-refractivity contribution in [1.29, 1.82) is 0 Å². The average Bonchev–Trinajstić information content (AvgIpc) is 2.56. The Labute approximate surface area is 132 Å². The van der Waals surface area contributed by atoms with Gasteiger partial charge in [0.2, 0.25) is 0 Å². The third-order valence-corrected chi connectivity index (χ3v) is 3.93. The van der Waals surface area contributed by atoms with Crippen LogP contribution in [0.15, 0.2) is 72.8 Å². The number of rotatable bonds is 5. The standard InChI is InChI=1S/C20H22O2/c1-16-12-19(15-21-14-17-8-4-2-5-9-17)22-20(13-16)18-10-6-3-7-11-18/h2-11,19-20H,1,12-15H2/t19-,20+/m0/s1. The lowest BCUT2D eigenvalue weighted by Gasteiger charge is -2.31. The Morgan fingerprint density at radius 2 is 1.64 bits per heavy atom. The Hall–Kier alpha value is -1.90. The van der Waals surface area contributed by atoms with Crippen LogP contribution in [0.4, 0.5) is 0 Å². The van der Waals surface area contributed by atoms with Gasteiger partial charge in [-0.2, -0.15) is 0 Å². The molecular weight excluding hydrogens is 272 g/mol. The number of benzene rings is 2. The maximum atomic E-state index is 6.19. The SMILES string of the molecule is C=C1C[C@@H](COCc2ccccc2)O[C@@H](c2ccccc2)C1. The summed E-state index contributed by atoms with van der Waals surface area (Å²) in [6, 6.07) is 20.6. The summed E-state index contributed by atoms with van der Waals surface area (Å²) >= 11 is 0. The lowest BCUT2D eigenvalue weighted by Crippen LogP contribution is -2.27. The van der Waals surface area contributed by atoms with Gasteiger partial charge in [-0.25, -0.2) is 0 Å². The highest BCUT2D eigenvalue weighted by Gasteiger charge is 2.25. The minimum atomic E-state index is 0.0927. The molecule has 1 aliphatic heterocycles. The Balaban J connectivity index is 1.54. The van der Waals surface area contributed by atoms with Crippen LogP contribution < -0.4 is 0 Å². The molecule has 0 unspecified atom stereocenters. The van der Waals surface area contributed by atoms with Crippen molar-refractivity contribution in [2.75, 3.05) is 6.61 Å². The van der Waals surface area contributed by atoms with E-state index in [1.807, 2.05) is 24.3 Å². The molecule has 3 rings (SSSR count). The van der Waals surface area contributed by atoms with Gasteiger partial charge in [-0.05, 0) is 24.0 Å². The highest BCUT2D eigenvalue weighted by atomic mass is 16.5. The molecule has 2 nitrogen and oxygen atoms in total. The van der Waals surface area contributed by atoms with Crippen molar-refractivity contribution in [2.45, 2.75) is 31.7 Å². The molecule has 1 saturated heterocycles. The zero-order chi connectivity index (χ0) is 15.2. The van der Waals surface area contributed by atoms with Crippen molar-refractivity contribution in [1.82, 2.24) is 0 Å². The lowest BCUT2D eigenvalue weighted by atomic mass is 9.95. The molecule has 2 aromatic carbocycles. The van der Waals surface area contributed by atoms with Crippen LogP contribution in [0.3, 0.4) is 0 Å². The van der Waals surface area contributed by atoms with Crippen LogP contribution >= 0.6 is 0 Å². The molecule has 1 fully saturated rings. The highest BCUT2D eigenvalue weighted by Crippen LogP contribution is 2.33. The van der Waals surface area contributed by atoms with Gasteiger partial charge in [0, 0.05) is 0 Å². The molecule has 0 aromatic heterocycles. The second kappa shape index (κ2) is 7.39. The van der Waals surface area contributed by atoms with Gasteiger partial charge in [0.05, 0.1) is 25.4 Å². The second-order valence-corrected chi connectivity index (χ2v) is 5.82. The van der Waals surface area contributed by atoms with Crippen LogP contribution in [0.2, 0.25) is 0 Å². The molecular formula is C20H22O2. The molecule has 0 aliphatic carbocycles. The fraction of sp³-hybridized carbons (Fsp3) is 0.300. The van der Waals surface area contributed by atoms with Crippen LogP contribution in [0.25, 0.3) is 0 Å². The second-order valence-electron chi connectivity index (χ2n) is 5.82. The summed E-state index contributed by atoms with van der Waals surface area (Å²) in [5, 5.41) is 0. The minimum absolute atomic E-state index is 0.0927. The first-order valence-corrected chi connectivity index (χ1v) is 7.80. The summed E-state index contributed by atoms with van der Waals surface area (Å²) in [6.07, 6.45) is 1.99. The number of hydrogen-bond acceptors (Lipinski definition) is 2. The van der Waals surface area contributed by atoms with E-state index < -0.39 is 0 Å². The van der Waals surface area contributed by atoms with Gasteiger partial charge in [-0.3, -0.25) is 0 Å². The van der Waals surface area contributed by atoms with E-state index in [0.29, 0.717) is 13.2 Å². The molecule has 0 radical (unpaired) electrons. The quantitative estimate of drug-likeness (QED) is 0.745. The first kappa shape index (κ1) is 15.0. The van der Waals surface area contributed by atoms with Crippen molar-refractivity contribution < 1.29 is 9.47 Å². The van der Waals surface area contributed by atoms with E-state index in [1.165, 1.54) is 16.7 Å². The molecule has 0 bridgehead atoms. The number of ether oxygens (including phenoxy) is 2. The van der Waals surface area contributed by atoms with Gasteiger partial charge in [0.15, 0.2) is 0 Å². The van der Waals surface area contributed by atoms with Crippen molar-refractivity contribution >= 4 is 0 Å². The molecule has 0 spiro atoms. The van der Waals surface area contributed by atoms with Crippen LogP contribution in [-0.2, 0) is 16.1 Å². The van der Waals surface area contributed by atoms with E-state index in [-0.39, 0.29) is 12.2 Å². The fourth-order valence-corrected chi connectivity index (χ4v) is 2.84. The van der Waals surface area contributed by atoms with Gasteiger partial charge >= 0.3 is 0 Å². The Morgan fingerprint density at radius 1 is 0.955 bits per heavy atom. The first-order chi connectivity index (χ1) is 10.8. The minimum Gasteiger partial charge on any atom is -0.374 e. The highest BCUT2D eigenvalue weighted by molar-refractivity contribution is 5.21. The summed E-state index contributed by atoms with van der Waals surface area (Å²) in [5.41, 5.74) is 3.65. The molecule has 2 atom stereocenters. The molecule has 0 N–H and O–H groups in total. The monoisotopic (exact) mass is 294 g/mol. The van der Waals surface area contributed by atoms with E-state index in [4.69, 9.17) is 9.47 Å². The molecule has 1 aliphatic rings. The molecule has 1 heterocycles. The molecule has 2 aromatic rings. The third-order valence-electron chi connectivity index (χ3n) is 3.93. The number of hydrogen-bond donors (Lipinski definition) is 0. The molecule has 0 amide bonds. The van der Waals surface area contributed by atoms with Crippen molar-refractivity contribution in [3.63, 3.8) is 0 Å². The van der Waals surface area contributed by atoms with E-state index >= 15 is 0 Å². The third kappa shape index (κ3) is 4.06. The predicted octanol–water partition coefficient (Wildman–Crippen LogP) is 4.68. The van der Waals surface area contributed by atoms with Crippen molar-refractivity contribution in [3.05, 3.63) is 83.9 Å². The van der Waals surface area contributed by atoms with E-state index in [0.717, 1.165) is 12.8 Å². The zero-order valence-electron chi connectivity index (χ0n) is 12.8. The average molecular weight is 294 g/mol. The summed E-state index contributed by atoms with van der Waals surface area (Å²) in [6.45, 7) is 5.41. The van der Waals surface area contributed by atoms with Gasteiger partial charge < -0.3 is 9.47 Å². The van der Waals surface area contributed by atoms with Gasteiger partial charge in [0.1, 0.15) is 0 Å². The van der Waals surface area contributed by atoms with E-state index in [9.17, 15) is 0 Å². The normalized spacial score (nSPS) is 21.7. The van der Waals surface area contributed by atoms with Gasteiger partial charge in [-0.1, -0.05) is 72.8 Å². The summed E-state index contributed by atoms with van der Waals surface area (Å²) in [5.74, 6) is 0. The molecule has 114 valence electrons. The van der Waals surface area contributed by atoms with Gasteiger partial charge in [0.25, 0.3) is 0 Å². The fourth-order valence-electron chi connectivity index (χ4n) is 2.84. The molecule has 2 heteroatoms. The maximum absolute atomic E-state index is 6.19. The van der Waals surface area contributed by atoms with Gasteiger partial charge in [-0.15, -0.1) is 0 Å². The Morgan fingerprint density at radius 3 is 2.36 bits per heavy atom. The summed E-state index contributed by atoms with van der Waals surface area (Å²) in [7, 11) is 0. The predicted molar refractivity (Wildman–Crippen MR) is 88.5 cm³/mol. The first-order valence-electron chi connectivity index (χ1n) is 7.80. The van der Waals surface area contributed by atoms with Crippen molar-refractivity contribution in [2.24, 2.45) is 0 Å². The van der Waals surface area contributed by atoms with E-state index in [2.05, 4.69) is 43.0 Å². The summed E-state index contributed by atoms with van der Waals surface area (Å²) < 4.78 is 12.0. The van der Waals surface area contributed by atoms with E-state index in [1.54, 1.807) is 0 Å². The lowest BCUT2D eigenvalue weighted by molar-refractivity contribution is -0.0762.